The minimum absolute atomic E-state index is 0.471. The molecular formula is C7H14FNO2S. The van der Waals surface area contributed by atoms with Crippen LogP contribution in [0.15, 0.2) is 0 Å². The van der Waals surface area contributed by atoms with Gasteiger partial charge in [-0.3, -0.25) is 0 Å². The fourth-order valence-electron chi connectivity index (χ4n) is 1.09. The van der Waals surface area contributed by atoms with Gasteiger partial charge in [-0.1, -0.05) is 11.9 Å². The molecule has 0 aliphatic carbocycles. The van der Waals surface area contributed by atoms with Crippen LogP contribution in [0, 0.1) is 0 Å². The van der Waals surface area contributed by atoms with Crippen LogP contribution in [0.25, 0.3) is 0 Å². The number of ether oxygens (including phenoxy) is 2. The van der Waals surface area contributed by atoms with Crippen molar-refractivity contribution in [3.8, 4) is 0 Å². The van der Waals surface area contributed by atoms with Gasteiger partial charge in [0.1, 0.15) is 0 Å². The van der Waals surface area contributed by atoms with Gasteiger partial charge in [-0.05, 0) is 13.2 Å². The van der Waals surface area contributed by atoms with Gasteiger partial charge in [-0.15, -0.1) is 0 Å². The summed E-state index contributed by atoms with van der Waals surface area (Å²) in [5.41, 5.74) is 0. The molecule has 0 bridgehead atoms. The molecule has 1 aliphatic rings. The summed E-state index contributed by atoms with van der Waals surface area (Å²) in [5.74, 6) is -1.09. The molecule has 0 amide bonds. The van der Waals surface area contributed by atoms with Gasteiger partial charge in [0.2, 0.25) is 12.1 Å². The lowest BCUT2D eigenvalue weighted by Crippen LogP contribution is -2.44. The van der Waals surface area contributed by atoms with E-state index in [-0.39, 0.29) is 0 Å². The zero-order valence-corrected chi connectivity index (χ0v) is 8.36. The first kappa shape index (κ1) is 10.2. The number of hydrogen-bond donors (Lipinski definition) is 0. The first-order valence-electron chi connectivity index (χ1n) is 3.79. The molecule has 1 atom stereocenters. The number of alkyl halides is 1. The van der Waals surface area contributed by atoms with Crippen molar-refractivity contribution in [2.24, 2.45) is 0 Å². The van der Waals surface area contributed by atoms with Crippen LogP contribution in [0.2, 0.25) is 0 Å². The Morgan fingerprint density at radius 2 is 2.00 bits per heavy atom. The van der Waals surface area contributed by atoms with E-state index in [0.717, 1.165) is 0 Å². The van der Waals surface area contributed by atoms with Crippen LogP contribution >= 0.6 is 11.9 Å². The third-order valence-electron chi connectivity index (χ3n) is 1.90. The molecule has 1 saturated heterocycles. The Hall–Kier alpha value is 0.160. The maximum Gasteiger partial charge on any atom is 0.216 e. The summed E-state index contributed by atoms with van der Waals surface area (Å²) in [6, 6.07) is 0. The third-order valence-corrected chi connectivity index (χ3v) is 2.66. The molecule has 0 saturated carbocycles. The summed E-state index contributed by atoms with van der Waals surface area (Å²) < 4.78 is 25.4. The Balaban J connectivity index is 2.54. The average molecular weight is 195 g/mol. The van der Waals surface area contributed by atoms with E-state index in [0.29, 0.717) is 13.2 Å². The van der Waals surface area contributed by atoms with Crippen molar-refractivity contribution in [3.05, 3.63) is 0 Å². The van der Waals surface area contributed by atoms with E-state index in [4.69, 9.17) is 9.47 Å². The minimum atomic E-state index is -1.23. The van der Waals surface area contributed by atoms with Gasteiger partial charge in [0, 0.05) is 7.05 Å². The van der Waals surface area contributed by atoms with E-state index < -0.39 is 12.1 Å². The standard InChI is InChI=1S/C7H14FNO2S/c1-7(10-4-5-11-7)6(8)9(2)12-3/h6H,4-5H2,1-3H3. The van der Waals surface area contributed by atoms with Crippen molar-refractivity contribution in [3.63, 3.8) is 0 Å². The van der Waals surface area contributed by atoms with Gasteiger partial charge < -0.3 is 9.47 Å². The number of halogens is 1. The Labute approximate surface area is 76.3 Å². The molecule has 1 rings (SSSR count). The van der Waals surface area contributed by atoms with Crippen LogP contribution in [-0.4, -0.2) is 42.9 Å². The fourth-order valence-corrected chi connectivity index (χ4v) is 1.47. The van der Waals surface area contributed by atoms with Crippen LogP contribution < -0.4 is 0 Å². The van der Waals surface area contributed by atoms with Gasteiger partial charge >= 0.3 is 0 Å². The average Bonchev–Trinajstić information content (AvgIpc) is 2.50. The van der Waals surface area contributed by atoms with Crippen LogP contribution in [0.3, 0.4) is 0 Å². The van der Waals surface area contributed by atoms with Crippen molar-refractivity contribution < 1.29 is 13.9 Å². The number of rotatable bonds is 3. The predicted molar refractivity (Wildman–Crippen MR) is 46.5 cm³/mol. The molecule has 0 N–H and O–H groups in total. The lowest BCUT2D eigenvalue weighted by atomic mass is 10.3. The van der Waals surface area contributed by atoms with E-state index in [9.17, 15) is 4.39 Å². The Morgan fingerprint density at radius 1 is 1.50 bits per heavy atom. The lowest BCUT2D eigenvalue weighted by molar-refractivity contribution is -0.207. The normalized spacial score (nSPS) is 24.8. The van der Waals surface area contributed by atoms with Crippen LogP contribution in [0.5, 0.6) is 0 Å². The molecule has 0 radical (unpaired) electrons. The van der Waals surface area contributed by atoms with Gasteiger partial charge in [0.15, 0.2) is 0 Å². The molecule has 1 aliphatic heterocycles. The largest absolute Gasteiger partial charge is 0.344 e. The van der Waals surface area contributed by atoms with E-state index in [1.165, 1.54) is 16.3 Å². The molecule has 0 aromatic carbocycles. The monoisotopic (exact) mass is 195 g/mol. The van der Waals surface area contributed by atoms with Crippen molar-refractivity contribution in [2.75, 3.05) is 26.5 Å². The van der Waals surface area contributed by atoms with Crippen LogP contribution in [0.4, 0.5) is 4.39 Å². The number of nitrogens with zero attached hydrogens (tertiary/aromatic N) is 1. The number of hydrogen-bond acceptors (Lipinski definition) is 4. The molecule has 1 heterocycles. The Kier molecular flexibility index (Phi) is 3.34. The van der Waals surface area contributed by atoms with Crippen LogP contribution in [-0.2, 0) is 9.47 Å². The second kappa shape index (κ2) is 3.91. The summed E-state index contributed by atoms with van der Waals surface area (Å²) in [6.45, 7) is 2.57. The lowest BCUT2D eigenvalue weighted by Gasteiger charge is -2.31. The second-order valence-corrected chi connectivity index (χ2v) is 3.72. The highest BCUT2D eigenvalue weighted by molar-refractivity contribution is 7.96. The zero-order chi connectivity index (χ0) is 9.19. The van der Waals surface area contributed by atoms with E-state index >= 15 is 0 Å². The molecule has 0 spiro atoms. The highest BCUT2D eigenvalue weighted by atomic mass is 32.2. The van der Waals surface area contributed by atoms with E-state index in [1.807, 2.05) is 6.26 Å². The molecule has 5 heteroatoms. The molecule has 12 heavy (non-hydrogen) atoms. The highest BCUT2D eigenvalue weighted by Crippen LogP contribution is 2.29. The molecule has 0 aromatic heterocycles. The Bertz CT molecular complexity index is 152. The summed E-state index contributed by atoms with van der Waals surface area (Å²) in [4.78, 5) is 0. The smallest absolute Gasteiger partial charge is 0.216 e. The first-order chi connectivity index (χ1) is 5.60. The van der Waals surface area contributed by atoms with Gasteiger partial charge in [0.25, 0.3) is 0 Å². The fraction of sp³-hybridized carbons (Fsp3) is 1.00. The van der Waals surface area contributed by atoms with Crippen molar-refractivity contribution in [2.45, 2.75) is 19.0 Å². The quantitative estimate of drug-likeness (QED) is 0.499. The summed E-state index contributed by atoms with van der Waals surface area (Å²) >= 11 is 1.32. The highest BCUT2D eigenvalue weighted by Gasteiger charge is 2.42. The van der Waals surface area contributed by atoms with Gasteiger partial charge in [-0.25, -0.2) is 8.70 Å². The van der Waals surface area contributed by atoms with Gasteiger partial charge in [0.05, 0.1) is 13.2 Å². The maximum absolute atomic E-state index is 13.5. The van der Waals surface area contributed by atoms with Crippen molar-refractivity contribution in [1.29, 1.82) is 0 Å². The van der Waals surface area contributed by atoms with Crippen molar-refractivity contribution in [1.82, 2.24) is 4.31 Å². The zero-order valence-electron chi connectivity index (χ0n) is 7.54. The molecule has 0 aromatic rings. The molecule has 1 unspecified atom stereocenters. The summed E-state index contributed by atoms with van der Waals surface area (Å²) in [6.07, 6.45) is 0.584. The molecule has 1 fully saturated rings. The topological polar surface area (TPSA) is 21.7 Å². The van der Waals surface area contributed by atoms with E-state index in [2.05, 4.69) is 0 Å². The second-order valence-electron chi connectivity index (χ2n) is 2.78. The summed E-state index contributed by atoms with van der Waals surface area (Å²) in [5, 5.41) is 0. The van der Waals surface area contributed by atoms with Crippen molar-refractivity contribution >= 4 is 11.9 Å². The van der Waals surface area contributed by atoms with E-state index in [1.54, 1.807) is 14.0 Å². The summed E-state index contributed by atoms with van der Waals surface area (Å²) in [7, 11) is 1.67. The first-order valence-corrected chi connectivity index (χ1v) is 4.97. The maximum atomic E-state index is 13.5. The third kappa shape index (κ3) is 1.90. The molecular weight excluding hydrogens is 181 g/mol. The van der Waals surface area contributed by atoms with Crippen LogP contribution in [0.1, 0.15) is 6.92 Å². The molecule has 72 valence electrons. The molecule has 3 nitrogen and oxygen atoms in total. The number of likely N-dealkylation sites (N-methyl/N-ethyl adjacent to an activating group) is 1. The minimum Gasteiger partial charge on any atom is -0.344 e. The SMILES string of the molecule is CSN(C)C(F)C1(C)OCCO1. The predicted octanol–water partition coefficient (Wildman–Crippen LogP) is 1.25. The Morgan fingerprint density at radius 3 is 2.42 bits per heavy atom. The van der Waals surface area contributed by atoms with Gasteiger partial charge in [-0.2, -0.15) is 0 Å².